The number of hydrogen-bond acceptors (Lipinski definition) is 4. The largest absolute Gasteiger partial charge is 0.485 e. The van der Waals surface area contributed by atoms with Gasteiger partial charge in [-0.3, -0.25) is 9.69 Å². The van der Waals surface area contributed by atoms with Gasteiger partial charge < -0.3 is 4.74 Å². The maximum atomic E-state index is 12.4. The molecule has 2 heterocycles. The molecule has 0 aliphatic carbocycles. The van der Waals surface area contributed by atoms with Crippen molar-refractivity contribution in [1.29, 1.82) is 0 Å². The lowest BCUT2D eigenvalue weighted by Crippen LogP contribution is -2.28. The van der Waals surface area contributed by atoms with Crippen LogP contribution in [0.1, 0.15) is 12.5 Å². The van der Waals surface area contributed by atoms with Crippen molar-refractivity contribution in [3.05, 3.63) is 59.0 Å². The lowest BCUT2D eigenvalue weighted by molar-refractivity contribution is -0.121. The van der Waals surface area contributed by atoms with Gasteiger partial charge in [-0.2, -0.15) is 0 Å². The van der Waals surface area contributed by atoms with Gasteiger partial charge in [-0.05, 0) is 30.7 Å². The molecular weight excluding hydrogens is 314 g/mol. The summed E-state index contributed by atoms with van der Waals surface area (Å²) in [4.78, 5) is 14.6. The van der Waals surface area contributed by atoms with Gasteiger partial charge in [0, 0.05) is 12.1 Å². The third-order valence-electron chi connectivity index (χ3n) is 3.50. The maximum absolute atomic E-state index is 12.4. The number of carbonyl (C=O) groups excluding carboxylic acids is 1. The van der Waals surface area contributed by atoms with E-state index < -0.39 is 0 Å². The highest BCUT2D eigenvalue weighted by Gasteiger charge is 2.32. The van der Waals surface area contributed by atoms with E-state index in [1.165, 1.54) is 11.8 Å². The number of benzene rings is 1. The number of fused-ring (bicyclic) bond motifs is 1. The smallest absolute Gasteiger partial charge is 0.266 e. The molecule has 1 atom stereocenters. The minimum atomic E-state index is -0.0992. The Kier molecular flexibility index (Phi) is 4.18. The van der Waals surface area contributed by atoms with Crippen LogP contribution < -0.4 is 4.74 Å². The highest BCUT2D eigenvalue weighted by Crippen LogP contribution is 2.35. The number of carbonyl (C=O) groups is 1. The zero-order valence-corrected chi connectivity index (χ0v) is 13.7. The molecule has 2 aliphatic heterocycles. The van der Waals surface area contributed by atoms with Gasteiger partial charge in [0.15, 0.2) is 0 Å². The summed E-state index contributed by atoms with van der Waals surface area (Å²) in [7, 11) is 0. The van der Waals surface area contributed by atoms with Gasteiger partial charge in [0.05, 0.1) is 4.91 Å². The van der Waals surface area contributed by atoms with Crippen molar-refractivity contribution in [3.63, 3.8) is 0 Å². The fraction of sp³-hybridized carbons (Fsp3) is 0.176. The first-order chi connectivity index (χ1) is 10.6. The molecule has 0 radical (unpaired) electrons. The first-order valence-electron chi connectivity index (χ1n) is 6.93. The van der Waals surface area contributed by atoms with Crippen molar-refractivity contribution >= 4 is 40.3 Å². The van der Waals surface area contributed by atoms with E-state index in [0.717, 1.165) is 16.9 Å². The molecule has 1 aromatic rings. The van der Waals surface area contributed by atoms with Gasteiger partial charge in [-0.1, -0.05) is 48.3 Å². The topological polar surface area (TPSA) is 29.5 Å². The summed E-state index contributed by atoms with van der Waals surface area (Å²) in [5, 5.41) is 0. The van der Waals surface area contributed by atoms with Crippen molar-refractivity contribution < 1.29 is 9.53 Å². The zero-order chi connectivity index (χ0) is 15.7. The summed E-state index contributed by atoms with van der Waals surface area (Å²) in [5.74, 6) is 0.799. The number of amides is 1. The van der Waals surface area contributed by atoms with Crippen LogP contribution in [0.15, 0.2) is 53.5 Å². The Morgan fingerprint density at radius 1 is 1.45 bits per heavy atom. The van der Waals surface area contributed by atoms with Gasteiger partial charge >= 0.3 is 0 Å². The summed E-state index contributed by atoms with van der Waals surface area (Å²) < 4.78 is 6.47. The first-order valence-corrected chi connectivity index (χ1v) is 8.16. The van der Waals surface area contributed by atoms with Gasteiger partial charge in [-0.15, -0.1) is 6.58 Å². The van der Waals surface area contributed by atoms with Gasteiger partial charge in [0.25, 0.3) is 5.91 Å². The van der Waals surface area contributed by atoms with Crippen LogP contribution in [-0.2, 0) is 4.79 Å². The van der Waals surface area contributed by atoms with Gasteiger partial charge in [0.2, 0.25) is 0 Å². The number of thiocarbonyl (C=S) groups is 1. The van der Waals surface area contributed by atoms with E-state index in [0.29, 0.717) is 15.8 Å². The van der Waals surface area contributed by atoms with E-state index in [2.05, 4.69) is 12.7 Å². The summed E-state index contributed by atoms with van der Waals surface area (Å²) in [6.45, 7) is 6.07. The van der Waals surface area contributed by atoms with E-state index in [4.69, 9.17) is 17.0 Å². The van der Waals surface area contributed by atoms with Crippen LogP contribution in [-0.4, -0.2) is 27.8 Å². The number of thioether (sulfide) groups is 1. The average molecular weight is 329 g/mol. The molecule has 0 bridgehead atoms. The predicted molar refractivity (Wildman–Crippen MR) is 94.7 cm³/mol. The fourth-order valence-corrected chi connectivity index (χ4v) is 3.63. The molecule has 5 heteroatoms. The van der Waals surface area contributed by atoms with E-state index >= 15 is 0 Å². The molecule has 1 aromatic carbocycles. The molecule has 3 rings (SSSR count). The van der Waals surface area contributed by atoms with Crippen molar-refractivity contribution in [3.8, 4) is 5.75 Å². The summed E-state index contributed by atoms with van der Waals surface area (Å²) in [6, 6.07) is 7.86. The fourth-order valence-electron chi connectivity index (χ4n) is 2.36. The van der Waals surface area contributed by atoms with E-state index in [1.54, 1.807) is 11.0 Å². The predicted octanol–water partition coefficient (Wildman–Crippen LogP) is 3.78. The van der Waals surface area contributed by atoms with Crippen LogP contribution in [0.3, 0.4) is 0 Å². The second kappa shape index (κ2) is 6.10. The Bertz CT molecular complexity index is 721. The molecule has 0 spiro atoms. The quantitative estimate of drug-likeness (QED) is 0.479. The summed E-state index contributed by atoms with van der Waals surface area (Å²) in [6.07, 6.45) is 5.51. The van der Waals surface area contributed by atoms with Crippen LogP contribution in [0.2, 0.25) is 0 Å². The molecule has 0 saturated carbocycles. The third-order valence-corrected chi connectivity index (χ3v) is 4.88. The Labute approximate surface area is 139 Å². The Morgan fingerprint density at radius 3 is 3.00 bits per heavy atom. The number of para-hydroxylation sites is 1. The molecule has 0 aromatic heterocycles. The molecule has 3 nitrogen and oxygen atoms in total. The molecule has 1 fully saturated rings. The number of hydrogen-bond donors (Lipinski definition) is 0. The molecule has 112 valence electrons. The third kappa shape index (κ3) is 2.74. The Morgan fingerprint density at radius 2 is 2.23 bits per heavy atom. The van der Waals surface area contributed by atoms with Crippen LogP contribution in [0, 0.1) is 0 Å². The summed E-state index contributed by atoms with van der Waals surface area (Å²) >= 11 is 6.57. The zero-order valence-electron chi connectivity index (χ0n) is 12.1. The van der Waals surface area contributed by atoms with Gasteiger partial charge in [-0.25, -0.2) is 0 Å². The maximum Gasteiger partial charge on any atom is 0.266 e. The lowest BCUT2D eigenvalue weighted by atomic mass is 10.0. The van der Waals surface area contributed by atoms with E-state index in [1.807, 2.05) is 37.3 Å². The summed E-state index contributed by atoms with van der Waals surface area (Å²) in [5.41, 5.74) is 1.99. The molecule has 0 N–H and O–H groups in total. The minimum absolute atomic E-state index is 0.0677. The second-order valence-corrected chi connectivity index (χ2v) is 6.70. The van der Waals surface area contributed by atoms with Crippen LogP contribution >= 0.6 is 24.0 Å². The first kappa shape index (κ1) is 15.1. The molecule has 1 amide bonds. The Hall–Kier alpha value is -1.85. The highest BCUT2D eigenvalue weighted by atomic mass is 32.2. The monoisotopic (exact) mass is 329 g/mol. The Balaban J connectivity index is 1.92. The standard InChI is InChI=1S/C17H15NO2S2/c1-3-8-18-16(19)15(22-17(18)21)10-13-9-12-6-4-5-7-14(12)20-11(13)2/h3-7,9-11H,1,8H2,2H3/b15-10-/t11-/m0/s1. The van der Waals surface area contributed by atoms with E-state index in [9.17, 15) is 4.79 Å². The number of rotatable bonds is 3. The minimum Gasteiger partial charge on any atom is -0.485 e. The SMILES string of the molecule is C=CCN1C(=O)/C(=C/C2=Cc3ccccc3O[C@H]2C)SC1=S. The highest BCUT2D eigenvalue weighted by molar-refractivity contribution is 8.26. The van der Waals surface area contributed by atoms with Crippen LogP contribution in [0.25, 0.3) is 6.08 Å². The van der Waals surface area contributed by atoms with Crippen LogP contribution in [0.5, 0.6) is 5.75 Å². The molecule has 22 heavy (non-hydrogen) atoms. The van der Waals surface area contributed by atoms with Gasteiger partial charge in [0.1, 0.15) is 16.2 Å². The van der Waals surface area contributed by atoms with E-state index in [-0.39, 0.29) is 12.0 Å². The number of ether oxygens (including phenoxy) is 1. The van der Waals surface area contributed by atoms with Crippen molar-refractivity contribution in [2.75, 3.05) is 6.54 Å². The second-order valence-electron chi connectivity index (χ2n) is 5.02. The average Bonchev–Trinajstić information content (AvgIpc) is 2.76. The van der Waals surface area contributed by atoms with Crippen LogP contribution in [0.4, 0.5) is 0 Å². The van der Waals surface area contributed by atoms with Crippen molar-refractivity contribution in [2.24, 2.45) is 0 Å². The molecule has 0 unspecified atom stereocenters. The molecule has 1 saturated heterocycles. The molecular formula is C17H15NO2S2. The number of nitrogens with zero attached hydrogens (tertiary/aromatic N) is 1. The van der Waals surface area contributed by atoms with Crippen molar-refractivity contribution in [1.82, 2.24) is 4.90 Å². The molecule has 2 aliphatic rings. The lowest BCUT2D eigenvalue weighted by Gasteiger charge is -2.23. The normalized spacial score (nSPS) is 22.4. The van der Waals surface area contributed by atoms with Crippen molar-refractivity contribution in [2.45, 2.75) is 13.0 Å².